The van der Waals surface area contributed by atoms with Gasteiger partial charge in [0.15, 0.2) is 0 Å². The molecule has 0 saturated carbocycles. The Morgan fingerprint density at radius 2 is 1.93 bits per heavy atom. The first-order valence-corrected chi connectivity index (χ1v) is 8.21. The second-order valence-corrected chi connectivity index (χ2v) is 5.95. The SMILES string of the molecule is Cc1nn(CC(=O)Nc2cccc(-n3cnnn3)c2)c(=O)c2ccccc12. The zero-order chi connectivity index (χ0) is 18.8. The molecule has 0 radical (unpaired) electrons. The first kappa shape index (κ1) is 16.6. The van der Waals surface area contributed by atoms with Gasteiger partial charge in [0.1, 0.15) is 12.9 Å². The molecular formula is C18H15N7O2. The minimum Gasteiger partial charge on any atom is -0.324 e. The lowest BCUT2D eigenvalue weighted by atomic mass is 10.1. The van der Waals surface area contributed by atoms with Gasteiger partial charge in [-0.15, -0.1) is 5.10 Å². The van der Waals surface area contributed by atoms with Crippen LogP contribution in [0.2, 0.25) is 0 Å². The Labute approximate surface area is 153 Å². The number of anilines is 1. The predicted molar refractivity (Wildman–Crippen MR) is 98.5 cm³/mol. The number of rotatable bonds is 4. The molecule has 0 fully saturated rings. The van der Waals surface area contributed by atoms with Gasteiger partial charge in [0.2, 0.25) is 5.91 Å². The number of nitrogens with one attached hydrogen (secondary N) is 1. The molecule has 2 heterocycles. The topological polar surface area (TPSA) is 108 Å². The fourth-order valence-electron chi connectivity index (χ4n) is 2.85. The van der Waals surface area contributed by atoms with E-state index in [1.165, 1.54) is 15.7 Å². The van der Waals surface area contributed by atoms with Crippen molar-refractivity contribution in [3.05, 3.63) is 70.9 Å². The van der Waals surface area contributed by atoms with Gasteiger partial charge in [-0.25, -0.2) is 9.36 Å². The molecule has 0 aliphatic rings. The molecule has 0 spiro atoms. The van der Waals surface area contributed by atoms with Gasteiger partial charge in [-0.05, 0) is 41.6 Å². The zero-order valence-electron chi connectivity index (χ0n) is 14.4. The molecule has 1 amide bonds. The quantitative estimate of drug-likeness (QED) is 0.587. The van der Waals surface area contributed by atoms with E-state index in [4.69, 9.17) is 0 Å². The van der Waals surface area contributed by atoms with Gasteiger partial charge in [-0.2, -0.15) is 5.10 Å². The Kier molecular flexibility index (Phi) is 4.17. The highest BCUT2D eigenvalue weighted by atomic mass is 16.2. The molecule has 134 valence electrons. The summed E-state index contributed by atoms with van der Waals surface area (Å²) >= 11 is 0. The number of hydrogen-bond donors (Lipinski definition) is 1. The van der Waals surface area contributed by atoms with Crippen LogP contribution in [0, 0.1) is 6.92 Å². The van der Waals surface area contributed by atoms with Crippen LogP contribution < -0.4 is 10.9 Å². The molecule has 1 N–H and O–H groups in total. The van der Waals surface area contributed by atoms with E-state index in [1.54, 1.807) is 30.3 Å². The van der Waals surface area contributed by atoms with Crippen LogP contribution in [-0.2, 0) is 11.3 Å². The van der Waals surface area contributed by atoms with Crippen molar-refractivity contribution in [3.8, 4) is 5.69 Å². The van der Waals surface area contributed by atoms with Gasteiger partial charge in [-0.1, -0.05) is 24.3 Å². The second-order valence-electron chi connectivity index (χ2n) is 5.95. The molecule has 27 heavy (non-hydrogen) atoms. The van der Waals surface area contributed by atoms with Crippen LogP contribution in [0.5, 0.6) is 0 Å². The highest BCUT2D eigenvalue weighted by Gasteiger charge is 2.11. The summed E-state index contributed by atoms with van der Waals surface area (Å²) < 4.78 is 2.66. The summed E-state index contributed by atoms with van der Waals surface area (Å²) in [5.74, 6) is -0.354. The van der Waals surface area contributed by atoms with Crippen LogP contribution in [0.25, 0.3) is 16.5 Å². The van der Waals surface area contributed by atoms with Crippen molar-refractivity contribution >= 4 is 22.4 Å². The molecule has 4 rings (SSSR count). The molecule has 2 aromatic heterocycles. The van der Waals surface area contributed by atoms with Crippen LogP contribution in [0.3, 0.4) is 0 Å². The number of carbonyl (C=O) groups excluding carboxylic acids is 1. The second kappa shape index (κ2) is 6.79. The largest absolute Gasteiger partial charge is 0.324 e. The van der Waals surface area contributed by atoms with Crippen LogP contribution in [0.1, 0.15) is 5.69 Å². The molecule has 2 aromatic carbocycles. The lowest BCUT2D eigenvalue weighted by Crippen LogP contribution is -2.30. The number of amides is 1. The normalized spacial score (nSPS) is 10.9. The molecule has 0 aliphatic heterocycles. The van der Waals surface area contributed by atoms with Crippen molar-refractivity contribution in [2.24, 2.45) is 0 Å². The number of fused-ring (bicyclic) bond motifs is 1. The Balaban J connectivity index is 1.57. The zero-order valence-corrected chi connectivity index (χ0v) is 14.4. The lowest BCUT2D eigenvalue weighted by Gasteiger charge is -2.10. The summed E-state index contributed by atoms with van der Waals surface area (Å²) in [7, 11) is 0. The van der Waals surface area contributed by atoms with E-state index in [-0.39, 0.29) is 18.0 Å². The van der Waals surface area contributed by atoms with Crippen molar-refractivity contribution in [2.45, 2.75) is 13.5 Å². The van der Waals surface area contributed by atoms with E-state index >= 15 is 0 Å². The summed E-state index contributed by atoms with van der Waals surface area (Å²) in [6, 6.07) is 14.3. The van der Waals surface area contributed by atoms with Gasteiger partial charge >= 0.3 is 0 Å². The number of tetrazole rings is 1. The van der Waals surface area contributed by atoms with E-state index in [0.29, 0.717) is 22.5 Å². The maximum atomic E-state index is 12.6. The van der Waals surface area contributed by atoms with Gasteiger partial charge in [0.25, 0.3) is 5.56 Å². The van der Waals surface area contributed by atoms with Crippen LogP contribution in [-0.4, -0.2) is 35.9 Å². The summed E-state index contributed by atoms with van der Waals surface area (Å²) in [6.07, 6.45) is 1.46. The van der Waals surface area contributed by atoms with Crippen LogP contribution >= 0.6 is 0 Å². The first-order chi connectivity index (χ1) is 13.1. The number of hydrogen-bond acceptors (Lipinski definition) is 6. The van der Waals surface area contributed by atoms with Crippen molar-refractivity contribution in [1.29, 1.82) is 0 Å². The molecule has 9 heteroatoms. The van der Waals surface area contributed by atoms with Gasteiger partial charge in [0, 0.05) is 11.1 Å². The van der Waals surface area contributed by atoms with Gasteiger partial charge in [0.05, 0.1) is 16.8 Å². The Morgan fingerprint density at radius 3 is 2.70 bits per heavy atom. The van der Waals surface area contributed by atoms with Gasteiger partial charge in [-0.3, -0.25) is 9.59 Å². The van der Waals surface area contributed by atoms with Crippen LogP contribution in [0.4, 0.5) is 5.69 Å². The minimum atomic E-state index is -0.354. The Hall–Kier alpha value is -3.88. The molecule has 0 unspecified atom stereocenters. The van der Waals surface area contributed by atoms with Crippen LogP contribution in [0.15, 0.2) is 59.7 Å². The molecule has 0 bridgehead atoms. The molecule has 9 nitrogen and oxygen atoms in total. The number of nitrogens with zero attached hydrogens (tertiary/aromatic N) is 6. The highest BCUT2D eigenvalue weighted by molar-refractivity contribution is 5.91. The Morgan fingerprint density at radius 1 is 1.11 bits per heavy atom. The molecule has 0 atom stereocenters. The summed E-state index contributed by atoms with van der Waals surface area (Å²) in [5.41, 5.74) is 1.67. The lowest BCUT2D eigenvalue weighted by molar-refractivity contribution is -0.117. The maximum Gasteiger partial charge on any atom is 0.275 e. The van der Waals surface area contributed by atoms with Gasteiger partial charge < -0.3 is 5.32 Å². The monoisotopic (exact) mass is 361 g/mol. The minimum absolute atomic E-state index is 0.181. The number of aromatic nitrogens is 6. The van der Waals surface area contributed by atoms with E-state index < -0.39 is 0 Å². The van der Waals surface area contributed by atoms with E-state index in [2.05, 4.69) is 25.9 Å². The summed E-state index contributed by atoms with van der Waals surface area (Å²) in [4.78, 5) is 25.0. The third-order valence-corrected chi connectivity index (χ3v) is 4.09. The average molecular weight is 361 g/mol. The van der Waals surface area contributed by atoms with Crippen molar-refractivity contribution in [3.63, 3.8) is 0 Å². The predicted octanol–water partition coefficient (Wildman–Crippen LogP) is 1.32. The average Bonchev–Trinajstić information content (AvgIpc) is 3.21. The standard InChI is InChI=1S/C18H15N7O2/c1-12-15-7-2-3-8-16(15)18(27)24(21-12)10-17(26)20-13-5-4-6-14(9-13)25-11-19-22-23-25/h2-9,11H,10H2,1H3,(H,20,26). The highest BCUT2D eigenvalue weighted by Crippen LogP contribution is 2.14. The molecule has 4 aromatic rings. The molecule has 0 saturated heterocycles. The smallest absolute Gasteiger partial charge is 0.275 e. The van der Waals surface area contributed by atoms with Crippen molar-refractivity contribution in [1.82, 2.24) is 30.0 Å². The number of carbonyl (C=O) groups is 1. The van der Waals surface area contributed by atoms with E-state index in [0.717, 1.165) is 5.39 Å². The maximum absolute atomic E-state index is 12.6. The number of aryl methyl sites for hydroxylation is 1. The Bertz CT molecular complexity index is 1180. The third kappa shape index (κ3) is 3.30. The summed E-state index contributed by atoms with van der Waals surface area (Å²) in [5, 5.41) is 19.3. The van der Waals surface area contributed by atoms with E-state index in [1.807, 2.05) is 25.1 Å². The number of benzene rings is 2. The fourth-order valence-corrected chi connectivity index (χ4v) is 2.85. The molecular weight excluding hydrogens is 346 g/mol. The summed E-state index contributed by atoms with van der Waals surface area (Å²) in [6.45, 7) is 1.63. The first-order valence-electron chi connectivity index (χ1n) is 8.21. The fraction of sp³-hybridized carbons (Fsp3) is 0.111. The third-order valence-electron chi connectivity index (χ3n) is 4.09. The molecule has 0 aliphatic carbocycles. The van der Waals surface area contributed by atoms with E-state index in [9.17, 15) is 9.59 Å². The van der Waals surface area contributed by atoms with Crippen molar-refractivity contribution < 1.29 is 4.79 Å². The van der Waals surface area contributed by atoms with Crippen molar-refractivity contribution in [2.75, 3.05) is 5.32 Å².